The van der Waals surface area contributed by atoms with E-state index < -0.39 is 28.5 Å². The van der Waals surface area contributed by atoms with Crippen LogP contribution in [0.15, 0.2) is 102 Å². The van der Waals surface area contributed by atoms with Crippen LogP contribution < -0.4 is 14.4 Å². The topological polar surface area (TPSA) is 96.0 Å². The van der Waals surface area contributed by atoms with Gasteiger partial charge in [0.05, 0.1) is 22.7 Å². The molecule has 0 radical (unpaired) electrons. The second-order valence-electron chi connectivity index (χ2n) is 10.8. The quantitative estimate of drug-likeness (QED) is 0.194. The Morgan fingerprint density at radius 2 is 1.49 bits per heavy atom. The molecule has 4 aromatic carbocycles. The number of nitrogens with one attached hydrogen (secondary N) is 1. The Balaban J connectivity index is 1.81. The van der Waals surface area contributed by atoms with Gasteiger partial charge in [-0.05, 0) is 62.2 Å². The van der Waals surface area contributed by atoms with E-state index in [-0.39, 0.29) is 34.5 Å². The van der Waals surface area contributed by atoms with Crippen LogP contribution in [0.3, 0.4) is 0 Å². The van der Waals surface area contributed by atoms with Gasteiger partial charge in [0.1, 0.15) is 18.3 Å². The summed E-state index contributed by atoms with van der Waals surface area (Å²) in [5.41, 5.74) is 3.79. The highest BCUT2D eigenvalue weighted by Crippen LogP contribution is 2.32. The van der Waals surface area contributed by atoms with Gasteiger partial charge in [0, 0.05) is 19.5 Å². The third-order valence-corrected chi connectivity index (χ3v) is 9.49. The first kappa shape index (κ1) is 33.6. The van der Waals surface area contributed by atoms with Crippen LogP contribution in [-0.4, -0.2) is 51.4 Å². The van der Waals surface area contributed by atoms with Crippen molar-refractivity contribution < 1.29 is 22.7 Å². The molecular weight excluding hydrogens is 610 g/mol. The fraction of sp³-hybridized carbons (Fsp3) is 0.257. The molecule has 2 amide bonds. The van der Waals surface area contributed by atoms with Gasteiger partial charge in [0.25, 0.3) is 10.0 Å². The molecule has 1 atom stereocenters. The van der Waals surface area contributed by atoms with Crippen molar-refractivity contribution in [2.75, 3.05) is 24.5 Å². The van der Waals surface area contributed by atoms with Gasteiger partial charge >= 0.3 is 0 Å². The summed E-state index contributed by atoms with van der Waals surface area (Å²) in [7, 11) is -2.78. The molecule has 0 fully saturated rings. The van der Waals surface area contributed by atoms with Crippen LogP contribution in [0.5, 0.6) is 5.75 Å². The third kappa shape index (κ3) is 8.44. The van der Waals surface area contributed by atoms with Crippen LogP contribution in [-0.2, 0) is 32.6 Å². The number of hydrogen-bond acceptors (Lipinski definition) is 5. The summed E-state index contributed by atoms with van der Waals surface area (Å²) in [6.45, 7) is 5.53. The number of likely N-dealkylation sites (N-methyl/N-ethyl adjacent to an activating group) is 1. The predicted molar refractivity (Wildman–Crippen MR) is 178 cm³/mol. The summed E-state index contributed by atoms with van der Waals surface area (Å²) in [5, 5.41) is 3.05. The molecule has 1 N–H and O–H groups in total. The smallest absolute Gasteiger partial charge is 0.264 e. The van der Waals surface area contributed by atoms with Crippen molar-refractivity contribution in [3.8, 4) is 5.75 Å². The van der Waals surface area contributed by atoms with E-state index in [9.17, 15) is 18.0 Å². The zero-order chi connectivity index (χ0) is 32.6. The maximum Gasteiger partial charge on any atom is 0.264 e. The van der Waals surface area contributed by atoms with E-state index in [4.69, 9.17) is 16.3 Å². The highest BCUT2D eigenvalue weighted by atomic mass is 35.5. The Hall–Kier alpha value is -4.34. The number of nitrogens with zero attached hydrogens (tertiary/aromatic N) is 2. The summed E-state index contributed by atoms with van der Waals surface area (Å²) in [6, 6.07) is 27.1. The number of ether oxygens (including phenoxy) is 1. The number of halogens is 1. The monoisotopic (exact) mass is 647 g/mol. The van der Waals surface area contributed by atoms with E-state index >= 15 is 0 Å². The minimum absolute atomic E-state index is 0.0162. The molecule has 4 rings (SSSR count). The number of sulfonamides is 1. The van der Waals surface area contributed by atoms with Crippen LogP contribution in [0, 0.1) is 13.8 Å². The molecule has 0 aliphatic heterocycles. The lowest BCUT2D eigenvalue weighted by atomic mass is 10.0. The summed E-state index contributed by atoms with van der Waals surface area (Å²) >= 11 is 6.43. The average molecular weight is 648 g/mol. The van der Waals surface area contributed by atoms with Gasteiger partial charge in [-0.15, -0.1) is 0 Å². The molecule has 0 saturated heterocycles. The Morgan fingerprint density at radius 1 is 0.867 bits per heavy atom. The standard InChI is InChI=1S/C35H38ClN3O5S/c1-5-37-35(41)32(21-27-9-7-6-8-10-27)38(23-28-15-11-25(2)12-16-28)34(40)24-39(29-17-20-33(44-4)31(36)22-29)45(42,43)30-18-13-26(3)14-19-30/h6-20,22,32H,5,21,23-24H2,1-4H3,(H,37,41)/t32-/m0/s1. The fourth-order valence-corrected chi connectivity index (χ4v) is 6.57. The van der Waals surface area contributed by atoms with E-state index in [0.29, 0.717) is 12.3 Å². The SMILES string of the molecule is CCNC(=O)[C@H](Cc1ccccc1)N(Cc1ccc(C)cc1)C(=O)CN(c1ccc(OC)c(Cl)c1)S(=O)(=O)c1ccc(C)cc1. The number of aryl methyl sites for hydroxylation is 2. The molecule has 45 heavy (non-hydrogen) atoms. The van der Waals surface area contributed by atoms with Crippen molar-refractivity contribution >= 4 is 39.1 Å². The maximum absolute atomic E-state index is 14.5. The number of rotatable bonds is 13. The zero-order valence-electron chi connectivity index (χ0n) is 25.9. The Bertz CT molecular complexity index is 1710. The number of methoxy groups -OCH3 is 1. The molecule has 8 nitrogen and oxygen atoms in total. The average Bonchev–Trinajstić information content (AvgIpc) is 3.03. The lowest BCUT2D eigenvalue weighted by molar-refractivity contribution is -0.140. The summed E-state index contributed by atoms with van der Waals surface area (Å²) in [5.74, 6) is -0.521. The third-order valence-electron chi connectivity index (χ3n) is 7.41. The largest absolute Gasteiger partial charge is 0.495 e. The van der Waals surface area contributed by atoms with Gasteiger partial charge in [-0.1, -0.05) is 89.5 Å². The number of amides is 2. The Labute approximate surface area is 270 Å². The van der Waals surface area contributed by atoms with Crippen molar-refractivity contribution in [1.82, 2.24) is 10.2 Å². The van der Waals surface area contributed by atoms with Crippen molar-refractivity contribution in [2.24, 2.45) is 0 Å². The molecule has 0 bridgehead atoms. The number of hydrogen-bond donors (Lipinski definition) is 1. The van der Waals surface area contributed by atoms with Gasteiger partial charge in [-0.2, -0.15) is 0 Å². The van der Waals surface area contributed by atoms with Gasteiger partial charge < -0.3 is 15.0 Å². The minimum atomic E-state index is -4.24. The van der Waals surface area contributed by atoms with E-state index in [1.165, 1.54) is 30.2 Å². The first-order chi connectivity index (χ1) is 21.5. The van der Waals surface area contributed by atoms with Gasteiger partial charge in [0.15, 0.2) is 0 Å². The molecule has 0 saturated carbocycles. The summed E-state index contributed by atoms with van der Waals surface area (Å²) in [6.07, 6.45) is 0.239. The molecule has 0 spiro atoms. The maximum atomic E-state index is 14.5. The highest BCUT2D eigenvalue weighted by Gasteiger charge is 2.34. The predicted octanol–water partition coefficient (Wildman–Crippen LogP) is 5.94. The lowest BCUT2D eigenvalue weighted by Crippen LogP contribution is -2.53. The first-order valence-electron chi connectivity index (χ1n) is 14.6. The number of anilines is 1. The Morgan fingerprint density at radius 3 is 2.07 bits per heavy atom. The number of carbonyl (C=O) groups excluding carboxylic acids is 2. The molecule has 0 aromatic heterocycles. The van der Waals surface area contributed by atoms with Crippen LogP contribution in [0.25, 0.3) is 0 Å². The second-order valence-corrected chi connectivity index (χ2v) is 13.0. The van der Waals surface area contributed by atoms with Crippen molar-refractivity contribution in [3.05, 3.63) is 124 Å². The van der Waals surface area contributed by atoms with Gasteiger partial charge in [0.2, 0.25) is 11.8 Å². The van der Waals surface area contributed by atoms with E-state index in [0.717, 1.165) is 26.6 Å². The molecule has 0 aliphatic carbocycles. The van der Waals surface area contributed by atoms with E-state index in [2.05, 4.69) is 5.32 Å². The zero-order valence-corrected chi connectivity index (χ0v) is 27.4. The van der Waals surface area contributed by atoms with E-state index in [1.54, 1.807) is 24.3 Å². The van der Waals surface area contributed by atoms with E-state index in [1.807, 2.05) is 75.4 Å². The van der Waals surface area contributed by atoms with Crippen LogP contribution in [0.4, 0.5) is 5.69 Å². The first-order valence-corrected chi connectivity index (χ1v) is 16.4. The normalized spacial score (nSPS) is 11.8. The van der Waals surface area contributed by atoms with Crippen LogP contribution in [0.2, 0.25) is 5.02 Å². The summed E-state index contributed by atoms with van der Waals surface area (Å²) < 4.78 is 34.6. The molecular formula is C35H38ClN3O5S. The minimum Gasteiger partial charge on any atom is -0.495 e. The van der Waals surface area contributed by atoms with Crippen LogP contribution >= 0.6 is 11.6 Å². The van der Waals surface area contributed by atoms with Crippen molar-refractivity contribution in [3.63, 3.8) is 0 Å². The highest BCUT2D eigenvalue weighted by molar-refractivity contribution is 7.92. The second kappa shape index (κ2) is 15.1. The molecule has 4 aromatic rings. The van der Waals surface area contributed by atoms with Crippen LogP contribution in [0.1, 0.15) is 29.2 Å². The van der Waals surface area contributed by atoms with Gasteiger partial charge in [-0.3, -0.25) is 13.9 Å². The number of carbonyl (C=O) groups is 2. The molecule has 0 aliphatic rings. The molecule has 236 valence electrons. The van der Waals surface area contributed by atoms with Crippen molar-refractivity contribution in [1.29, 1.82) is 0 Å². The van der Waals surface area contributed by atoms with Gasteiger partial charge in [-0.25, -0.2) is 8.42 Å². The van der Waals surface area contributed by atoms with Crippen molar-refractivity contribution in [2.45, 2.75) is 44.7 Å². The molecule has 10 heteroatoms. The summed E-state index contributed by atoms with van der Waals surface area (Å²) in [4.78, 5) is 29.5. The number of benzene rings is 4. The fourth-order valence-electron chi connectivity index (χ4n) is 4.91. The Kier molecular flexibility index (Phi) is 11.3. The lowest BCUT2D eigenvalue weighted by Gasteiger charge is -2.34. The molecule has 0 unspecified atom stereocenters. The molecule has 0 heterocycles.